The predicted molar refractivity (Wildman–Crippen MR) is 86.3 cm³/mol. The second-order valence-corrected chi connectivity index (χ2v) is 10.2. The Balaban J connectivity index is 0. The molecular formula is C18H23Cl3SiTi. The van der Waals surface area contributed by atoms with Gasteiger partial charge in [-0.1, -0.05) is 80.2 Å². The van der Waals surface area contributed by atoms with Crippen LogP contribution in [0.1, 0.15) is 31.7 Å². The summed E-state index contributed by atoms with van der Waals surface area (Å²) in [5, 5.41) is 3.41. The van der Waals surface area contributed by atoms with Gasteiger partial charge in [-0.3, -0.25) is 0 Å². The first-order chi connectivity index (χ1) is 9.37. The largest absolute Gasteiger partial charge is 4.00 e. The van der Waals surface area contributed by atoms with Crippen LogP contribution < -0.4 is 47.6 Å². The van der Waals surface area contributed by atoms with Crippen molar-refractivity contribution in [2.75, 3.05) is 0 Å². The maximum atomic E-state index is 2.44. The molecule has 1 aliphatic rings. The van der Waals surface area contributed by atoms with E-state index in [1.807, 2.05) is 0 Å². The summed E-state index contributed by atoms with van der Waals surface area (Å²) in [4.78, 5) is 0. The van der Waals surface area contributed by atoms with Gasteiger partial charge in [0.25, 0.3) is 0 Å². The Hall–Kier alpha value is 0.371. The van der Waals surface area contributed by atoms with Crippen molar-refractivity contribution < 1.29 is 58.9 Å². The van der Waals surface area contributed by atoms with Crippen molar-refractivity contribution in [3.63, 3.8) is 0 Å². The Kier molecular flexibility index (Phi) is 13.2. The molecule has 124 valence electrons. The molecule has 3 rings (SSSR count). The van der Waals surface area contributed by atoms with Crippen molar-refractivity contribution in [3.8, 4) is 0 Å². The zero-order valence-corrected chi connectivity index (χ0v) is 18.3. The summed E-state index contributed by atoms with van der Waals surface area (Å²) >= 11 is 0. The number of hydrogen-bond donors (Lipinski definition) is 0. The van der Waals surface area contributed by atoms with Crippen LogP contribution in [0.5, 0.6) is 0 Å². The fourth-order valence-electron chi connectivity index (χ4n) is 3.86. The van der Waals surface area contributed by atoms with Crippen LogP contribution in [0.25, 0.3) is 0 Å². The second kappa shape index (κ2) is 11.8. The first kappa shape index (κ1) is 25.6. The number of rotatable bonds is 4. The van der Waals surface area contributed by atoms with E-state index >= 15 is 0 Å². The number of aryl methyl sites for hydroxylation is 1. The van der Waals surface area contributed by atoms with Crippen LogP contribution in [-0.4, -0.2) is 8.07 Å². The molecule has 0 saturated carbocycles. The summed E-state index contributed by atoms with van der Waals surface area (Å²) in [5.41, 5.74) is 1.64. The van der Waals surface area contributed by atoms with E-state index in [0.717, 1.165) is 0 Å². The molecule has 1 heterocycles. The first-order valence-corrected chi connectivity index (χ1v) is 10.1. The smallest absolute Gasteiger partial charge is 1.00 e. The molecule has 2 aromatic rings. The molecule has 1 saturated heterocycles. The van der Waals surface area contributed by atoms with Gasteiger partial charge < -0.3 is 37.2 Å². The Bertz CT molecular complexity index is 536. The number of hydrogen-bond acceptors (Lipinski definition) is 0. The van der Waals surface area contributed by atoms with Gasteiger partial charge in [0.15, 0.2) is 0 Å². The summed E-state index contributed by atoms with van der Waals surface area (Å²) in [6, 6.07) is 21.4. The molecule has 0 bridgehead atoms. The van der Waals surface area contributed by atoms with E-state index < -0.39 is 8.07 Å². The molecule has 23 heavy (non-hydrogen) atoms. The van der Waals surface area contributed by atoms with E-state index in [0.29, 0.717) is 0 Å². The molecule has 0 spiro atoms. The Morgan fingerprint density at radius 3 is 2.09 bits per heavy atom. The minimum absolute atomic E-state index is 0. The van der Waals surface area contributed by atoms with E-state index in [2.05, 4.69) is 55.5 Å². The van der Waals surface area contributed by atoms with Gasteiger partial charge >= 0.3 is 21.7 Å². The minimum atomic E-state index is -1.41. The zero-order valence-electron chi connectivity index (χ0n) is 13.5. The predicted octanol–water partition coefficient (Wildman–Crippen LogP) is -5.28. The van der Waals surface area contributed by atoms with Gasteiger partial charge in [-0.25, -0.2) is 12.1 Å². The average Bonchev–Trinajstić information content (AvgIpc) is 3.09. The Labute approximate surface area is 175 Å². The van der Waals surface area contributed by atoms with E-state index in [-0.39, 0.29) is 58.9 Å². The van der Waals surface area contributed by atoms with Crippen LogP contribution in [-0.2, 0) is 28.1 Å². The minimum Gasteiger partial charge on any atom is -1.00 e. The van der Waals surface area contributed by atoms with Crippen LogP contribution >= 0.6 is 0 Å². The van der Waals surface area contributed by atoms with Crippen LogP contribution in [0.3, 0.4) is 0 Å². The molecule has 1 fully saturated rings. The number of halogens is 3. The maximum Gasteiger partial charge on any atom is 4.00 e. The van der Waals surface area contributed by atoms with Gasteiger partial charge in [0.1, 0.15) is 0 Å². The van der Waals surface area contributed by atoms with Crippen molar-refractivity contribution in [1.82, 2.24) is 0 Å². The molecule has 2 aromatic carbocycles. The zero-order chi connectivity index (χ0) is 13.1. The molecular weight excluding hydrogens is 399 g/mol. The fraction of sp³-hybridized carbons (Fsp3) is 0.389. The standard InChI is InChI=1S/C18H23Si.3ClH.Ti/c1-2-9-16-10-8-13-18(16)19(14-6-7-15-19)17-11-4-3-5-12-17;;;;/h3-5,8,10-13H,2,6-7,9,14-15H2,1H3;3*1H;/q-1;;;;+4/p-3. The second-order valence-electron chi connectivity index (χ2n) is 5.87. The van der Waals surface area contributed by atoms with Gasteiger partial charge in [-0.15, -0.1) is 0 Å². The first-order valence-electron chi connectivity index (χ1n) is 7.67. The topological polar surface area (TPSA) is 0 Å². The van der Waals surface area contributed by atoms with Crippen molar-refractivity contribution in [3.05, 3.63) is 54.1 Å². The molecule has 0 atom stereocenters. The van der Waals surface area contributed by atoms with Crippen LogP contribution in [0.4, 0.5) is 0 Å². The summed E-state index contributed by atoms with van der Waals surface area (Å²) in [6.45, 7) is 2.29. The Morgan fingerprint density at radius 1 is 0.913 bits per heavy atom. The third-order valence-corrected chi connectivity index (χ3v) is 10.1. The summed E-state index contributed by atoms with van der Waals surface area (Å²) in [7, 11) is -1.41. The quantitative estimate of drug-likeness (QED) is 0.342. The van der Waals surface area contributed by atoms with Gasteiger partial charge in [0.2, 0.25) is 0 Å². The normalized spacial score (nSPS) is 14.7. The molecule has 0 radical (unpaired) electrons. The molecule has 0 nitrogen and oxygen atoms in total. The average molecular weight is 422 g/mol. The SMILES string of the molecule is CCCc1ccc[c-]1[Si]1(c2ccccc2)CCCC1.[Cl-].[Cl-].[Cl-].[Ti+4]. The van der Waals surface area contributed by atoms with Gasteiger partial charge in [-0.2, -0.15) is 16.8 Å². The third-order valence-electron chi connectivity index (χ3n) is 4.72. The molecule has 0 aliphatic carbocycles. The van der Waals surface area contributed by atoms with Crippen molar-refractivity contribution >= 4 is 18.4 Å². The molecule has 0 amide bonds. The summed E-state index contributed by atoms with van der Waals surface area (Å²) in [5.74, 6) is 0. The maximum absolute atomic E-state index is 2.44. The molecule has 0 unspecified atom stereocenters. The van der Waals surface area contributed by atoms with Crippen molar-refractivity contribution in [2.45, 2.75) is 44.7 Å². The molecule has 0 N–H and O–H groups in total. The van der Waals surface area contributed by atoms with Crippen LogP contribution in [0.15, 0.2) is 48.5 Å². The molecule has 0 aromatic heterocycles. The van der Waals surface area contributed by atoms with E-state index in [9.17, 15) is 0 Å². The van der Waals surface area contributed by atoms with Crippen LogP contribution in [0, 0.1) is 0 Å². The van der Waals surface area contributed by atoms with E-state index in [1.54, 1.807) is 15.9 Å². The summed E-state index contributed by atoms with van der Waals surface area (Å²) < 4.78 is 0. The molecule has 5 heteroatoms. The van der Waals surface area contributed by atoms with Gasteiger partial charge in [0, 0.05) is 0 Å². The van der Waals surface area contributed by atoms with Crippen molar-refractivity contribution in [1.29, 1.82) is 0 Å². The van der Waals surface area contributed by atoms with Crippen molar-refractivity contribution in [2.24, 2.45) is 0 Å². The Morgan fingerprint density at radius 2 is 1.52 bits per heavy atom. The molecule has 1 aliphatic heterocycles. The van der Waals surface area contributed by atoms with Crippen LogP contribution in [0.2, 0.25) is 12.1 Å². The summed E-state index contributed by atoms with van der Waals surface area (Å²) in [6.07, 6.45) is 5.37. The van der Waals surface area contributed by atoms with Gasteiger partial charge in [0.05, 0.1) is 8.07 Å². The van der Waals surface area contributed by atoms with E-state index in [4.69, 9.17) is 0 Å². The number of benzene rings is 1. The fourth-order valence-corrected chi connectivity index (χ4v) is 9.31. The van der Waals surface area contributed by atoms with E-state index in [1.165, 1.54) is 37.8 Å². The third kappa shape index (κ3) is 5.17. The van der Waals surface area contributed by atoms with Gasteiger partial charge in [-0.05, 0) is 0 Å². The monoisotopic (exact) mass is 420 g/mol.